The van der Waals surface area contributed by atoms with Crippen molar-refractivity contribution in [2.75, 3.05) is 18.8 Å². The van der Waals surface area contributed by atoms with E-state index in [1.54, 1.807) is 0 Å². The highest BCUT2D eigenvalue weighted by Gasteiger charge is 1.98. The lowest BCUT2D eigenvalue weighted by atomic mass is 10.2. The van der Waals surface area contributed by atoms with E-state index in [0.29, 0.717) is 0 Å². The van der Waals surface area contributed by atoms with Crippen LogP contribution in [0.4, 0.5) is 0 Å². The molecule has 3 heteroatoms. The molecule has 0 atom stereocenters. The largest absolute Gasteiger partial charge is 0.316 e. The number of benzene rings is 1. The third-order valence-corrected chi connectivity index (χ3v) is 4.26. The quantitative estimate of drug-likeness (QED) is 0.599. The molecule has 0 unspecified atom stereocenters. The van der Waals surface area contributed by atoms with Crippen LogP contribution < -0.4 is 5.32 Å². The molecule has 0 heterocycles. The summed E-state index contributed by atoms with van der Waals surface area (Å²) in [6.07, 6.45) is 1.22. The van der Waals surface area contributed by atoms with Gasteiger partial charge in [-0.25, -0.2) is 0 Å². The molecule has 0 saturated carbocycles. The van der Waals surface area contributed by atoms with Gasteiger partial charge in [-0.05, 0) is 59.2 Å². The summed E-state index contributed by atoms with van der Waals surface area (Å²) in [6, 6.07) is 8.40. The number of thioether (sulfide) groups is 1. The Balaban J connectivity index is 2.10. The Kier molecular flexibility index (Phi) is 7.17. The standard InChI is InChI=1S/C13H20BrNS/c1-11(2)10-15-8-5-9-16-13-7-4-3-6-12(13)14/h3-4,6-7,11,15H,5,8-10H2,1-2H3. The molecular weight excluding hydrogens is 282 g/mol. The van der Waals surface area contributed by atoms with Gasteiger partial charge in [0.2, 0.25) is 0 Å². The van der Waals surface area contributed by atoms with E-state index in [0.717, 1.165) is 19.0 Å². The minimum absolute atomic E-state index is 0.746. The van der Waals surface area contributed by atoms with Crippen LogP contribution in [0.25, 0.3) is 0 Å². The van der Waals surface area contributed by atoms with Gasteiger partial charge in [-0.2, -0.15) is 0 Å². The first-order chi connectivity index (χ1) is 7.70. The highest BCUT2D eigenvalue weighted by Crippen LogP contribution is 2.27. The molecule has 0 spiro atoms. The second-order valence-corrected chi connectivity index (χ2v) is 6.22. The molecular formula is C13H20BrNS. The predicted octanol–water partition coefficient (Wildman–Crippen LogP) is 4.18. The number of nitrogens with one attached hydrogen (secondary N) is 1. The van der Waals surface area contributed by atoms with Crippen LogP contribution in [-0.4, -0.2) is 18.8 Å². The zero-order valence-corrected chi connectivity index (χ0v) is 12.4. The Morgan fingerprint density at radius 3 is 2.75 bits per heavy atom. The molecule has 1 N–H and O–H groups in total. The molecule has 0 aromatic heterocycles. The second kappa shape index (κ2) is 8.15. The summed E-state index contributed by atoms with van der Waals surface area (Å²) in [4.78, 5) is 1.34. The molecule has 0 amide bonds. The van der Waals surface area contributed by atoms with Gasteiger partial charge in [-0.3, -0.25) is 0 Å². The smallest absolute Gasteiger partial charge is 0.0311 e. The van der Waals surface area contributed by atoms with Gasteiger partial charge in [0.25, 0.3) is 0 Å². The molecule has 0 radical (unpaired) electrons. The van der Waals surface area contributed by atoms with Crippen LogP contribution in [0.5, 0.6) is 0 Å². The lowest BCUT2D eigenvalue weighted by Crippen LogP contribution is -2.21. The first-order valence-corrected chi connectivity index (χ1v) is 7.56. The normalized spacial score (nSPS) is 11.0. The molecule has 0 saturated heterocycles. The Hall–Kier alpha value is 0.01000. The fourth-order valence-corrected chi connectivity index (χ4v) is 2.85. The van der Waals surface area contributed by atoms with Crippen molar-refractivity contribution in [2.24, 2.45) is 5.92 Å². The summed E-state index contributed by atoms with van der Waals surface area (Å²) in [6.45, 7) is 6.72. The van der Waals surface area contributed by atoms with Gasteiger partial charge >= 0.3 is 0 Å². The molecule has 16 heavy (non-hydrogen) atoms. The van der Waals surface area contributed by atoms with E-state index < -0.39 is 0 Å². The fourth-order valence-electron chi connectivity index (χ4n) is 1.33. The van der Waals surface area contributed by atoms with Crippen molar-refractivity contribution >= 4 is 27.7 Å². The van der Waals surface area contributed by atoms with Crippen molar-refractivity contribution in [3.8, 4) is 0 Å². The maximum absolute atomic E-state index is 3.56. The molecule has 0 aliphatic carbocycles. The van der Waals surface area contributed by atoms with Gasteiger partial charge in [0.15, 0.2) is 0 Å². The van der Waals surface area contributed by atoms with Crippen molar-refractivity contribution in [2.45, 2.75) is 25.2 Å². The average molecular weight is 302 g/mol. The summed E-state index contributed by atoms with van der Waals surface area (Å²) in [5.74, 6) is 1.92. The monoisotopic (exact) mass is 301 g/mol. The fraction of sp³-hybridized carbons (Fsp3) is 0.538. The highest BCUT2D eigenvalue weighted by atomic mass is 79.9. The van der Waals surface area contributed by atoms with Crippen molar-refractivity contribution in [1.29, 1.82) is 0 Å². The zero-order valence-electron chi connectivity index (χ0n) is 10.0. The molecule has 1 rings (SSSR count). The van der Waals surface area contributed by atoms with Crippen molar-refractivity contribution in [3.63, 3.8) is 0 Å². The zero-order chi connectivity index (χ0) is 11.8. The van der Waals surface area contributed by atoms with Gasteiger partial charge in [0.05, 0.1) is 0 Å². The minimum Gasteiger partial charge on any atom is -0.316 e. The van der Waals surface area contributed by atoms with Crippen LogP contribution in [0.2, 0.25) is 0 Å². The number of hydrogen-bond acceptors (Lipinski definition) is 2. The molecule has 0 bridgehead atoms. The summed E-state index contributed by atoms with van der Waals surface area (Å²) < 4.78 is 1.20. The van der Waals surface area contributed by atoms with Crippen LogP contribution in [0, 0.1) is 5.92 Å². The third-order valence-electron chi connectivity index (χ3n) is 2.14. The van der Waals surface area contributed by atoms with E-state index in [-0.39, 0.29) is 0 Å². The summed E-state index contributed by atoms with van der Waals surface area (Å²) >= 11 is 5.48. The van der Waals surface area contributed by atoms with E-state index in [4.69, 9.17) is 0 Å². The molecule has 90 valence electrons. The maximum Gasteiger partial charge on any atom is 0.0311 e. The number of hydrogen-bond donors (Lipinski definition) is 1. The lowest BCUT2D eigenvalue weighted by molar-refractivity contribution is 0.552. The Labute approximate surface area is 112 Å². The van der Waals surface area contributed by atoms with E-state index in [2.05, 4.69) is 59.4 Å². The van der Waals surface area contributed by atoms with Gasteiger partial charge < -0.3 is 5.32 Å². The molecule has 1 nitrogen and oxygen atoms in total. The predicted molar refractivity (Wildman–Crippen MR) is 77.2 cm³/mol. The summed E-state index contributed by atoms with van der Waals surface area (Å²) in [5.41, 5.74) is 0. The van der Waals surface area contributed by atoms with E-state index in [1.165, 1.54) is 21.5 Å². The summed E-state index contributed by atoms with van der Waals surface area (Å²) in [5, 5.41) is 3.46. The molecule has 0 fully saturated rings. The topological polar surface area (TPSA) is 12.0 Å². The minimum atomic E-state index is 0.746. The van der Waals surface area contributed by atoms with Gasteiger partial charge in [-0.1, -0.05) is 26.0 Å². The van der Waals surface area contributed by atoms with Crippen LogP contribution in [-0.2, 0) is 0 Å². The van der Waals surface area contributed by atoms with Crippen LogP contribution >= 0.6 is 27.7 Å². The molecule has 1 aromatic rings. The van der Waals surface area contributed by atoms with Gasteiger partial charge in [0.1, 0.15) is 0 Å². The van der Waals surface area contributed by atoms with Crippen LogP contribution in [0.1, 0.15) is 20.3 Å². The number of halogens is 1. The number of rotatable bonds is 7. The Morgan fingerprint density at radius 2 is 2.06 bits per heavy atom. The maximum atomic E-state index is 3.56. The Bertz CT molecular complexity index is 302. The second-order valence-electron chi connectivity index (χ2n) is 4.23. The van der Waals surface area contributed by atoms with Crippen LogP contribution in [0.3, 0.4) is 0 Å². The molecule has 0 aliphatic heterocycles. The van der Waals surface area contributed by atoms with Crippen molar-refractivity contribution in [1.82, 2.24) is 5.32 Å². The third kappa shape index (κ3) is 5.92. The van der Waals surface area contributed by atoms with Gasteiger partial charge in [0, 0.05) is 9.37 Å². The van der Waals surface area contributed by atoms with Crippen molar-refractivity contribution in [3.05, 3.63) is 28.7 Å². The first-order valence-electron chi connectivity index (χ1n) is 5.78. The first kappa shape index (κ1) is 14.1. The Morgan fingerprint density at radius 1 is 1.31 bits per heavy atom. The van der Waals surface area contributed by atoms with Gasteiger partial charge in [-0.15, -0.1) is 11.8 Å². The molecule has 0 aliphatic rings. The summed E-state index contributed by atoms with van der Waals surface area (Å²) in [7, 11) is 0. The van der Waals surface area contributed by atoms with E-state index >= 15 is 0 Å². The average Bonchev–Trinajstić information content (AvgIpc) is 2.25. The van der Waals surface area contributed by atoms with Crippen LogP contribution in [0.15, 0.2) is 33.6 Å². The molecule has 1 aromatic carbocycles. The SMILES string of the molecule is CC(C)CNCCCSc1ccccc1Br. The van der Waals surface area contributed by atoms with E-state index in [1.807, 2.05) is 11.8 Å². The lowest BCUT2D eigenvalue weighted by Gasteiger charge is -2.07. The highest BCUT2D eigenvalue weighted by molar-refractivity contribution is 9.10. The van der Waals surface area contributed by atoms with Crippen molar-refractivity contribution < 1.29 is 0 Å². The van der Waals surface area contributed by atoms with E-state index in [9.17, 15) is 0 Å².